The molecule has 0 aliphatic carbocycles. The van der Waals surface area contributed by atoms with Gasteiger partial charge in [-0.15, -0.1) is 0 Å². The van der Waals surface area contributed by atoms with Crippen LogP contribution < -0.4 is 10.1 Å². The standard InChI is InChI=1S/C21H19FN2O3/c1-12-19(15-5-2-3-6-17(15)23-12)20(25)21(26)24-16-7-4-10-27-18-11-13(22)8-9-14(16)18/h2-3,5-6,8-9,11,16,23H,4,7,10H2,1H3,(H,24,26). The smallest absolute Gasteiger partial charge is 0.292 e. The van der Waals surface area contributed by atoms with Gasteiger partial charge in [0.15, 0.2) is 0 Å². The fourth-order valence-electron chi connectivity index (χ4n) is 3.60. The van der Waals surface area contributed by atoms with Gasteiger partial charge in [-0.05, 0) is 31.9 Å². The summed E-state index contributed by atoms with van der Waals surface area (Å²) in [5, 5.41) is 3.53. The van der Waals surface area contributed by atoms with E-state index >= 15 is 0 Å². The van der Waals surface area contributed by atoms with Crippen LogP contribution in [0.4, 0.5) is 4.39 Å². The van der Waals surface area contributed by atoms with Crippen molar-refractivity contribution in [1.29, 1.82) is 0 Å². The predicted octanol–water partition coefficient (Wildman–Crippen LogP) is 3.83. The second-order valence-electron chi connectivity index (χ2n) is 6.70. The summed E-state index contributed by atoms with van der Waals surface area (Å²) in [6.07, 6.45) is 1.31. The average molecular weight is 366 g/mol. The van der Waals surface area contributed by atoms with Gasteiger partial charge in [0, 0.05) is 28.2 Å². The van der Waals surface area contributed by atoms with Gasteiger partial charge in [0.1, 0.15) is 11.6 Å². The van der Waals surface area contributed by atoms with Crippen molar-refractivity contribution in [3.63, 3.8) is 0 Å². The largest absolute Gasteiger partial charge is 0.493 e. The number of aryl methyl sites for hydroxylation is 1. The molecule has 0 spiro atoms. The Morgan fingerprint density at radius 1 is 1.22 bits per heavy atom. The first-order valence-corrected chi connectivity index (χ1v) is 8.89. The fourth-order valence-corrected chi connectivity index (χ4v) is 3.60. The van der Waals surface area contributed by atoms with E-state index in [0.717, 1.165) is 10.9 Å². The normalized spacial score (nSPS) is 16.3. The molecule has 6 heteroatoms. The van der Waals surface area contributed by atoms with Crippen LogP contribution in [-0.2, 0) is 4.79 Å². The Morgan fingerprint density at radius 2 is 2.04 bits per heavy atom. The number of amides is 1. The lowest BCUT2D eigenvalue weighted by atomic mass is 10.0. The number of hydrogen-bond donors (Lipinski definition) is 2. The minimum Gasteiger partial charge on any atom is -0.493 e. The second-order valence-corrected chi connectivity index (χ2v) is 6.70. The highest BCUT2D eigenvalue weighted by molar-refractivity contribution is 6.45. The van der Waals surface area contributed by atoms with Crippen molar-refractivity contribution in [1.82, 2.24) is 10.3 Å². The predicted molar refractivity (Wildman–Crippen MR) is 99.4 cm³/mol. The fraction of sp³-hybridized carbons (Fsp3) is 0.238. The summed E-state index contributed by atoms with van der Waals surface area (Å²) in [4.78, 5) is 28.7. The summed E-state index contributed by atoms with van der Waals surface area (Å²) in [5.74, 6) is -1.25. The second kappa shape index (κ2) is 6.87. The van der Waals surface area contributed by atoms with Gasteiger partial charge in [-0.1, -0.05) is 24.3 Å². The molecule has 0 fully saturated rings. The lowest BCUT2D eigenvalue weighted by Crippen LogP contribution is -2.34. The van der Waals surface area contributed by atoms with E-state index in [1.54, 1.807) is 13.0 Å². The van der Waals surface area contributed by atoms with Crippen LogP contribution in [0.25, 0.3) is 10.9 Å². The molecule has 2 heterocycles. The number of halogens is 1. The number of carbonyl (C=O) groups is 2. The van der Waals surface area contributed by atoms with Gasteiger partial charge in [-0.3, -0.25) is 9.59 Å². The van der Waals surface area contributed by atoms with Crippen LogP contribution in [0.5, 0.6) is 5.75 Å². The molecule has 0 bridgehead atoms. The van der Waals surface area contributed by atoms with Crippen LogP contribution in [0.1, 0.15) is 40.5 Å². The Labute approximate surface area is 155 Å². The Hall–Kier alpha value is -3.15. The first-order valence-electron chi connectivity index (χ1n) is 8.89. The van der Waals surface area contributed by atoms with Crippen molar-refractivity contribution in [3.8, 4) is 5.75 Å². The maximum Gasteiger partial charge on any atom is 0.292 e. The number of aromatic amines is 1. The quantitative estimate of drug-likeness (QED) is 0.547. The molecule has 27 heavy (non-hydrogen) atoms. The molecule has 1 aliphatic heterocycles. The van der Waals surface area contributed by atoms with Crippen molar-refractivity contribution >= 4 is 22.6 Å². The lowest BCUT2D eigenvalue weighted by Gasteiger charge is -2.18. The highest BCUT2D eigenvalue weighted by Gasteiger charge is 2.27. The molecule has 138 valence electrons. The Morgan fingerprint density at radius 3 is 2.89 bits per heavy atom. The molecular formula is C21H19FN2O3. The van der Waals surface area contributed by atoms with Crippen molar-refractivity contribution in [3.05, 3.63) is 65.1 Å². The Balaban J connectivity index is 1.62. The van der Waals surface area contributed by atoms with E-state index in [4.69, 9.17) is 4.74 Å². The highest BCUT2D eigenvalue weighted by atomic mass is 19.1. The molecule has 5 nitrogen and oxygen atoms in total. The van der Waals surface area contributed by atoms with Crippen LogP contribution in [0, 0.1) is 12.7 Å². The number of ether oxygens (including phenoxy) is 1. The molecule has 0 radical (unpaired) electrons. The molecule has 0 saturated carbocycles. The number of fused-ring (bicyclic) bond motifs is 2. The molecule has 1 amide bonds. The summed E-state index contributed by atoms with van der Waals surface area (Å²) < 4.78 is 19.1. The van der Waals surface area contributed by atoms with Crippen molar-refractivity contribution < 1.29 is 18.7 Å². The topological polar surface area (TPSA) is 71.2 Å². The van der Waals surface area contributed by atoms with Crippen molar-refractivity contribution in [2.45, 2.75) is 25.8 Å². The third-order valence-electron chi connectivity index (χ3n) is 4.88. The minimum absolute atomic E-state index is 0.382. The number of ketones is 1. The summed E-state index contributed by atoms with van der Waals surface area (Å²) in [7, 11) is 0. The first-order chi connectivity index (χ1) is 13.0. The van der Waals surface area contributed by atoms with Crippen molar-refractivity contribution in [2.75, 3.05) is 6.61 Å². The number of aromatic nitrogens is 1. The molecule has 1 atom stereocenters. The van der Waals surface area contributed by atoms with Gasteiger partial charge in [-0.25, -0.2) is 4.39 Å². The van der Waals surface area contributed by atoms with Crippen LogP contribution in [0.3, 0.4) is 0 Å². The summed E-state index contributed by atoms with van der Waals surface area (Å²) in [6.45, 7) is 2.22. The molecule has 1 aliphatic rings. The zero-order valence-electron chi connectivity index (χ0n) is 14.8. The summed E-state index contributed by atoms with van der Waals surface area (Å²) >= 11 is 0. The molecule has 4 rings (SSSR count). The third kappa shape index (κ3) is 3.18. The van der Waals surface area contributed by atoms with Crippen molar-refractivity contribution in [2.24, 2.45) is 0 Å². The number of H-pyrrole nitrogens is 1. The highest BCUT2D eigenvalue weighted by Crippen LogP contribution is 2.32. The van der Waals surface area contributed by atoms with E-state index in [0.29, 0.717) is 42.0 Å². The Kier molecular flexibility index (Phi) is 4.39. The number of para-hydroxylation sites is 1. The number of nitrogens with one attached hydrogen (secondary N) is 2. The molecule has 0 saturated heterocycles. The van der Waals surface area contributed by atoms with E-state index in [2.05, 4.69) is 10.3 Å². The van der Waals surface area contributed by atoms with Crippen LogP contribution in [0.2, 0.25) is 0 Å². The van der Waals surface area contributed by atoms with E-state index in [-0.39, 0.29) is 0 Å². The molecule has 1 unspecified atom stereocenters. The zero-order valence-corrected chi connectivity index (χ0v) is 14.8. The van der Waals surface area contributed by atoms with Gasteiger partial charge in [-0.2, -0.15) is 0 Å². The van der Waals surface area contributed by atoms with Gasteiger partial charge in [0.05, 0.1) is 18.2 Å². The van der Waals surface area contributed by atoms with E-state index in [9.17, 15) is 14.0 Å². The first kappa shape index (κ1) is 17.3. The molecule has 2 aromatic carbocycles. The van der Waals surface area contributed by atoms with E-state index in [1.165, 1.54) is 12.1 Å². The Bertz CT molecular complexity index is 1040. The lowest BCUT2D eigenvalue weighted by molar-refractivity contribution is -0.117. The number of benzene rings is 2. The van der Waals surface area contributed by atoms with Gasteiger partial charge < -0.3 is 15.0 Å². The van der Waals surface area contributed by atoms with E-state index in [1.807, 2.05) is 24.3 Å². The molecular weight excluding hydrogens is 347 g/mol. The van der Waals surface area contributed by atoms with Gasteiger partial charge in [0.2, 0.25) is 0 Å². The molecule has 1 aromatic heterocycles. The average Bonchev–Trinajstić information content (AvgIpc) is 2.86. The maximum atomic E-state index is 13.5. The molecule has 2 N–H and O–H groups in total. The zero-order chi connectivity index (χ0) is 19.0. The van der Waals surface area contributed by atoms with Crippen LogP contribution >= 0.6 is 0 Å². The van der Waals surface area contributed by atoms with E-state index < -0.39 is 23.5 Å². The SMILES string of the molecule is Cc1[nH]c2ccccc2c1C(=O)C(=O)NC1CCCOc2cc(F)ccc21. The summed E-state index contributed by atoms with van der Waals surface area (Å²) in [5.41, 5.74) is 2.54. The van der Waals surface area contributed by atoms with Crippen LogP contribution in [0.15, 0.2) is 42.5 Å². The van der Waals surface area contributed by atoms with Gasteiger partial charge in [0.25, 0.3) is 11.7 Å². The third-order valence-corrected chi connectivity index (χ3v) is 4.88. The molecule has 3 aromatic rings. The number of rotatable bonds is 3. The minimum atomic E-state index is -0.676. The number of hydrogen-bond acceptors (Lipinski definition) is 3. The number of carbonyl (C=O) groups excluding carboxylic acids is 2. The maximum absolute atomic E-state index is 13.5. The monoisotopic (exact) mass is 366 g/mol. The van der Waals surface area contributed by atoms with Gasteiger partial charge >= 0.3 is 0 Å². The van der Waals surface area contributed by atoms with Crippen LogP contribution in [-0.4, -0.2) is 23.3 Å². The summed E-state index contributed by atoms with van der Waals surface area (Å²) in [6, 6.07) is 11.2. The number of Topliss-reactive ketones (excluding diaryl/α,β-unsaturated/α-hetero) is 1.